The van der Waals surface area contributed by atoms with Gasteiger partial charge in [-0.15, -0.1) is 0 Å². The fourth-order valence-electron chi connectivity index (χ4n) is 1.53. The lowest BCUT2D eigenvalue weighted by Crippen LogP contribution is -1.80. The van der Waals surface area contributed by atoms with Crippen LogP contribution in [-0.2, 0) is 0 Å². The summed E-state index contributed by atoms with van der Waals surface area (Å²) in [5, 5.41) is 0. The zero-order valence-corrected chi connectivity index (χ0v) is 10.3. The lowest BCUT2D eigenvalue weighted by Gasteiger charge is -1.96. The van der Waals surface area contributed by atoms with Crippen LogP contribution in [0.25, 0.3) is 22.6 Å². The van der Waals surface area contributed by atoms with Crippen molar-refractivity contribution in [3.63, 3.8) is 0 Å². The van der Waals surface area contributed by atoms with E-state index in [1.54, 1.807) is 6.20 Å². The van der Waals surface area contributed by atoms with Crippen LogP contribution in [0.5, 0.6) is 0 Å². The molecular formula is C11H7IN4. The minimum absolute atomic E-state index is 0.698. The summed E-state index contributed by atoms with van der Waals surface area (Å²) in [4.78, 5) is 15.7. The second-order valence-corrected chi connectivity index (χ2v) is 4.60. The zero-order chi connectivity index (χ0) is 11.0. The average Bonchev–Trinajstić information content (AvgIpc) is 2.72. The Kier molecular flexibility index (Phi) is 2.32. The Morgan fingerprint density at radius 2 is 2.19 bits per heavy atom. The van der Waals surface area contributed by atoms with E-state index >= 15 is 0 Å². The van der Waals surface area contributed by atoms with Crippen LogP contribution in [0.1, 0.15) is 0 Å². The molecule has 0 saturated carbocycles. The molecule has 0 fully saturated rings. The monoisotopic (exact) mass is 322 g/mol. The van der Waals surface area contributed by atoms with Gasteiger partial charge in [-0.1, -0.05) is 12.1 Å². The predicted octanol–water partition coefficient (Wildman–Crippen LogP) is 2.62. The van der Waals surface area contributed by atoms with E-state index < -0.39 is 0 Å². The number of H-pyrrole nitrogens is 1. The number of rotatable bonds is 1. The number of aromatic amines is 1. The van der Waals surface area contributed by atoms with Gasteiger partial charge in [-0.25, -0.2) is 15.0 Å². The highest BCUT2D eigenvalue weighted by atomic mass is 127. The molecule has 1 aromatic carbocycles. The van der Waals surface area contributed by atoms with Gasteiger partial charge in [0.05, 0.1) is 6.20 Å². The predicted molar refractivity (Wildman–Crippen MR) is 69.8 cm³/mol. The molecule has 2 aromatic heterocycles. The second kappa shape index (κ2) is 3.82. The molecule has 0 aliphatic heterocycles. The third-order valence-corrected chi connectivity index (χ3v) is 2.93. The van der Waals surface area contributed by atoms with Gasteiger partial charge in [-0.2, -0.15) is 0 Å². The highest BCUT2D eigenvalue weighted by Crippen LogP contribution is 2.20. The molecule has 2 heterocycles. The van der Waals surface area contributed by atoms with Gasteiger partial charge in [0.15, 0.2) is 5.65 Å². The lowest BCUT2D eigenvalue weighted by molar-refractivity contribution is 1.20. The van der Waals surface area contributed by atoms with E-state index in [2.05, 4.69) is 48.6 Å². The topological polar surface area (TPSA) is 54.5 Å². The van der Waals surface area contributed by atoms with E-state index in [4.69, 9.17) is 0 Å². The molecule has 0 spiro atoms. The van der Waals surface area contributed by atoms with Crippen LogP contribution < -0.4 is 0 Å². The Hall–Kier alpha value is -1.50. The number of hydrogen-bond donors (Lipinski definition) is 1. The van der Waals surface area contributed by atoms with Gasteiger partial charge in [0, 0.05) is 9.13 Å². The molecule has 0 saturated heterocycles. The minimum atomic E-state index is 0.698. The first-order valence-corrected chi connectivity index (χ1v) is 5.82. The van der Waals surface area contributed by atoms with Crippen molar-refractivity contribution in [3.05, 3.63) is 40.4 Å². The van der Waals surface area contributed by atoms with E-state index in [0.29, 0.717) is 5.65 Å². The molecule has 3 aromatic rings. The highest BCUT2D eigenvalue weighted by Gasteiger charge is 2.05. The van der Waals surface area contributed by atoms with Crippen molar-refractivity contribution in [2.45, 2.75) is 0 Å². The van der Waals surface area contributed by atoms with Crippen LogP contribution in [-0.4, -0.2) is 19.9 Å². The Bertz CT molecular complexity index is 614. The maximum Gasteiger partial charge on any atom is 0.181 e. The molecule has 0 atom stereocenters. The summed E-state index contributed by atoms with van der Waals surface area (Å²) >= 11 is 2.28. The number of nitrogens with zero attached hydrogens (tertiary/aromatic N) is 3. The molecule has 16 heavy (non-hydrogen) atoms. The van der Waals surface area contributed by atoms with E-state index in [1.807, 2.05) is 18.2 Å². The number of fused-ring (bicyclic) bond motifs is 1. The molecule has 0 aliphatic carbocycles. The lowest BCUT2D eigenvalue weighted by atomic mass is 10.2. The third-order valence-electron chi connectivity index (χ3n) is 2.26. The Morgan fingerprint density at radius 1 is 1.25 bits per heavy atom. The molecule has 5 heteroatoms. The Morgan fingerprint density at radius 3 is 3.00 bits per heavy atom. The second-order valence-electron chi connectivity index (χ2n) is 3.36. The summed E-state index contributed by atoms with van der Waals surface area (Å²) in [7, 11) is 0. The molecule has 0 amide bonds. The zero-order valence-electron chi connectivity index (χ0n) is 8.18. The normalized spacial score (nSPS) is 10.8. The van der Waals surface area contributed by atoms with Gasteiger partial charge in [0.1, 0.15) is 17.7 Å². The van der Waals surface area contributed by atoms with E-state index in [-0.39, 0.29) is 0 Å². The third kappa shape index (κ3) is 1.67. The number of benzene rings is 1. The molecule has 0 aliphatic rings. The van der Waals surface area contributed by atoms with Crippen LogP contribution in [0.15, 0.2) is 36.8 Å². The van der Waals surface area contributed by atoms with E-state index in [1.165, 1.54) is 9.90 Å². The summed E-state index contributed by atoms with van der Waals surface area (Å²) in [6.45, 7) is 0. The number of imidazole rings is 1. The smallest absolute Gasteiger partial charge is 0.181 e. The minimum Gasteiger partial charge on any atom is -0.335 e. The van der Waals surface area contributed by atoms with Crippen molar-refractivity contribution in [2.75, 3.05) is 0 Å². The van der Waals surface area contributed by atoms with Gasteiger partial charge in [-0.3, -0.25) is 0 Å². The summed E-state index contributed by atoms with van der Waals surface area (Å²) in [5.74, 6) is 0.828. The molecule has 1 N–H and O–H groups in total. The molecule has 0 bridgehead atoms. The van der Waals surface area contributed by atoms with E-state index in [9.17, 15) is 0 Å². The van der Waals surface area contributed by atoms with Gasteiger partial charge in [0.25, 0.3) is 0 Å². The molecule has 4 nitrogen and oxygen atoms in total. The van der Waals surface area contributed by atoms with Crippen LogP contribution in [0.3, 0.4) is 0 Å². The SMILES string of the molecule is Ic1cccc(-c2nc3ncncc3[nH]2)c1. The van der Waals surface area contributed by atoms with Gasteiger partial charge < -0.3 is 4.98 Å². The van der Waals surface area contributed by atoms with Crippen LogP contribution in [0.2, 0.25) is 0 Å². The molecule has 0 unspecified atom stereocenters. The van der Waals surface area contributed by atoms with E-state index in [0.717, 1.165) is 16.9 Å². The quantitative estimate of drug-likeness (QED) is 0.701. The first kappa shape index (κ1) is 9.71. The van der Waals surface area contributed by atoms with Crippen LogP contribution >= 0.6 is 22.6 Å². The largest absolute Gasteiger partial charge is 0.335 e. The van der Waals surface area contributed by atoms with Crippen molar-refractivity contribution in [1.82, 2.24) is 19.9 Å². The Balaban J connectivity index is 2.19. The van der Waals surface area contributed by atoms with Crippen molar-refractivity contribution in [2.24, 2.45) is 0 Å². The summed E-state index contributed by atoms with van der Waals surface area (Å²) in [5.41, 5.74) is 2.62. The van der Waals surface area contributed by atoms with Crippen molar-refractivity contribution >= 4 is 33.8 Å². The number of aromatic nitrogens is 4. The number of halogens is 1. The fraction of sp³-hybridized carbons (Fsp3) is 0. The maximum atomic E-state index is 4.41. The van der Waals surface area contributed by atoms with Gasteiger partial charge in [0.2, 0.25) is 0 Å². The number of hydrogen-bond acceptors (Lipinski definition) is 3. The van der Waals surface area contributed by atoms with Gasteiger partial charge in [-0.05, 0) is 34.7 Å². The van der Waals surface area contributed by atoms with Crippen molar-refractivity contribution in [3.8, 4) is 11.4 Å². The molecule has 0 radical (unpaired) electrons. The molecule has 3 rings (SSSR count). The summed E-state index contributed by atoms with van der Waals surface area (Å²) in [6, 6.07) is 8.15. The standard InChI is InChI=1S/C11H7IN4/c12-8-3-1-2-7(4-8)10-15-9-5-13-6-14-11(9)16-10/h1-6H,(H,13,14,15,16). The first-order valence-electron chi connectivity index (χ1n) is 4.74. The van der Waals surface area contributed by atoms with Crippen molar-refractivity contribution in [1.29, 1.82) is 0 Å². The first-order chi connectivity index (χ1) is 7.83. The maximum absolute atomic E-state index is 4.41. The van der Waals surface area contributed by atoms with Crippen LogP contribution in [0, 0.1) is 3.57 Å². The molecular weight excluding hydrogens is 315 g/mol. The van der Waals surface area contributed by atoms with Crippen LogP contribution in [0.4, 0.5) is 0 Å². The molecule has 78 valence electrons. The van der Waals surface area contributed by atoms with Crippen molar-refractivity contribution < 1.29 is 0 Å². The number of nitrogens with one attached hydrogen (secondary N) is 1. The fourth-order valence-corrected chi connectivity index (χ4v) is 2.08. The highest BCUT2D eigenvalue weighted by molar-refractivity contribution is 14.1. The summed E-state index contributed by atoms with van der Waals surface area (Å²) in [6.07, 6.45) is 3.23. The Labute approximate surface area is 105 Å². The average molecular weight is 322 g/mol. The summed E-state index contributed by atoms with van der Waals surface area (Å²) < 4.78 is 1.18. The van der Waals surface area contributed by atoms with Gasteiger partial charge >= 0.3 is 0 Å².